The first-order valence-corrected chi connectivity index (χ1v) is 7.10. The molecule has 0 heterocycles. The highest BCUT2D eigenvalue weighted by atomic mass is 79.9. The lowest BCUT2D eigenvalue weighted by molar-refractivity contribution is -0.138. The second kappa shape index (κ2) is 7.96. The van der Waals surface area contributed by atoms with Crippen LogP contribution >= 0.6 is 27.7 Å². The summed E-state index contributed by atoms with van der Waals surface area (Å²) < 4.78 is 5.31. The van der Waals surface area contributed by atoms with E-state index >= 15 is 0 Å². The molecular formula is C13H12BrNO2S. The molecule has 0 bridgehead atoms. The minimum absolute atomic E-state index is 0.0118. The summed E-state index contributed by atoms with van der Waals surface area (Å²) in [6.45, 7) is 1.96. The van der Waals surface area contributed by atoms with E-state index in [1.807, 2.05) is 36.4 Å². The summed E-state index contributed by atoms with van der Waals surface area (Å²) in [6, 6.07) is 11.7. The lowest BCUT2D eigenvalue weighted by Crippen LogP contribution is -2.07. The third kappa shape index (κ3) is 4.55. The first-order valence-electron chi connectivity index (χ1n) is 5.32. The molecule has 18 heavy (non-hydrogen) atoms. The van der Waals surface area contributed by atoms with E-state index < -0.39 is 5.97 Å². The summed E-state index contributed by atoms with van der Waals surface area (Å²) in [5.74, 6) is 0.0962. The molecule has 0 saturated heterocycles. The van der Waals surface area contributed by atoms with Crippen molar-refractivity contribution in [1.82, 2.24) is 0 Å². The number of nitrogens with zero attached hydrogens (tertiary/aromatic N) is 1. The number of hydrogen-bond acceptors (Lipinski definition) is 4. The highest BCUT2D eigenvalue weighted by Crippen LogP contribution is 2.29. The Morgan fingerprint density at radius 1 is 1.44 bits per heavy atom. The van der Waals surface area contributed by atoms with Gasteiger partial charge in [0, 0.05) is 5.75 Å². The third-order valence-electron chi connectivity index (χ3n) is 2.00. The number of thioether (sulfide) groups is 1. The molecule has 0 aliphatic heterocycles. The van der Waals surface area contributed by atoms with Crippen LogP contribution in [0.4, 0.5) is 0 Å². The Morgan fingerprint density at radius 3 is 2.67 bits per heavy atom. The number of carbonyl (C=O) groups is 1. The summed E-state index contributed by atoms with van der Waals surface area (Å²) in [5, 5.41) is 8.94. The van der Waals surface area contributed by atoms with Crippen LogP contribution in [0.15, 0.2) is 39.7 Å². The number of esters is 1. The second-order valence-electron chi connectivity index (χ2n) is 3.26. The molecule has 94 valence electrons. The zero-order chi connectivity index (χ0) is 13.4. The molecule has 0 radical (unpaired) electrons. The Morgan fingerprint density at radius 2 is 2.11 bits per heavy atom. The van der Waals surface area contributed by atoms with Crippen molar-refractivity contribution >= 4 is 33.7 Å². The molecule has 0 aliphatic carbocycles. The maximum absolute atomic E-state index is 11.5. The van der Waals surface area contributed by atoms with Crippen LogP contribution in [-0.2, 0) is 15.3 Å². The zero-order valence-corrected chi connectivity index (χ0v) is 12.3. The van der Waals surface area contributed by atoms with E-state index in [0.717, 1.165) is 5.56 Å². The van der Waals surface area contributed by atoms with Crippen LogP contribution in [0, 0.1) is 11.3 Å². The average Bonchev–Trinajstić information content (AvgIpc) is 2.39. The maximum Gasteiger partial charge on any atom is 0.350 e. The molecule has 0 saturated carbocycles. The van der Waals surface area contributed by atoms with Crippen molar-refractivity contribution in [2.45, 2.75) is 12.7 Å². The normalized spacial score (nSPS) is 11.4. The van der Waals surface area contributed by atoms with Crippen molar-refractivity contribution in [3.8, 4) is 6.07 Å². The molecule has 0 amide bonds. The van der Waals surface area contributed by atoms with E-state index in [1.165, 1.54) is 11.8 Å². The van der Waals surface area contributed by atoms with Gasteiger partial charge in [0.15, 0.2) is 5.57 Å². The number of halogens is 1. The molecule has 0 atom stereocenters. The van der Waals surface area contributed by atoms with E-state index in [9.17, 15) is 4.79 Å². The van der Waals surface area contributed by atoms with Gasteiger partial charge in [-0.15, -0.1) is 11.8 Å². The van der Waals surface area contributed by atoms with Gasteiger partial charge in [-0.3, -0.25) is 0 Å². The Hall–Kier alpha value is -1.25. The van der Waals surface area contributed by atoms with E-state index in [2.05, 4.69) is 15.9 Å². The molecule has 1 aromatic carbocycles. The molecular weight excluding hydrogens is 314 g/mol. The van der Waals surface area contributed by atoms with Gasteiger partial charge < -0.3 is 4.74 Å². The van der Waals surface area contributed by atoms with Crippen LogP contribution in [-0.4, -0.2) is 12.6 Å². The Kier molecular flexibility index (Phi) is 6.55. The lowest BCUT2D eigenvalue weighted by Gasteiger charge is -2.04. The minimum Gasteiger partial charge on any atom is -0.462 e. The van der Waals surface area contributed by atoms with E-state index in [0.29, 0.717) is 9.57 Å². The molecule has 0 unspecified atom stereocenters. The summed E-state index contributed by atoms with van der Waals surface area (Å²) in [4.78, 5) is 11.5. The van der Waals surface area contributed by atoms with Crippen molar-refractivity contribution in [2.24, 2.45) is 0 Å². The van der Waals surface area contributed by atoms with Gasteiger partial charge in [0.2, 0.25) is 0 Å². The average molecular weight is 326 g/mol. The predicted octanol–water partition coefficient (Wildman–Crippen LogP) is 3.61. The van der Waals surface area contributed by atoms with Gasteiger partial charge in [0.25, 0.3) is 0 Å². The smallest absolute Gasteiger partial charge is 0.350 e. The Bertz CT molecular complexity index is 480. The summed E-state index contributed by atoms with van der Waals surface area (Å²) in [7, 11) is 0. The Labute approximate surface area is 119 Å². The number of ether oxygens (including phenoxy) is 1. The monoisotopic (exact) mass is 325 g/mol. The van der Waals surface area contributed by atoms with E-state index in [1.54, 1.807) is 6.92 Å². The van der Waals surface area contributed by atoms with Crippen molar-refractivity contribution in [2.75, 3.05) is 6.61 Å². The van der Waals surface area contributed by atoms with Gasteiger partial charge in [0.1, 0.15) is 6.07 Å². The molecule has 5 heteroatoms. The van der Waals surface area contributed by atoms with Crippen LogP contribution in [0.1, 0.15) is 12.5 Å². The van der Waals surface area contributed by atoms with Crippen LogP contribution in [0.5, 0.6) is 0 Å². The number of hydrogen-bond donors (Lipinski definition) is 0. The summed E-state index contributed by atoms with van der Waals surface area (Å²) >= 11 is 4.64. The largest absolute Gasteiger partial charge is 0.462 e. The molecule has 0 spiro atoms. The first-order chi connectivity index (χ1) is 8.69. The van der Waals surface area contributed by atoms with Crippen LogP contribution in [0.3, 0.4) is 0 Å². The summed E-state index contributed by atoms with van der Waals surface area (Å²) in [6.07, 6.45) is 0. The predicted molar refractivity (Wildman–Crippen MR) is 75.9 cm³/mol. The highest BCUT2D eigenvalue weighted by molar-refractivity contribution is 9.14. The fourth-order valence-electron chi connectivity index (χ4n) is 1.17. The van der Waals surface area contributed by atoms with Gasteiger partial charge in [-0.05, 0) is 28.4 Å². The van der Waals surface area contributed by atoms with E-state index in [4.69, 9.17) is 10.00 Å². The number of nitriles is 1. The Balaban J connectivity index is 2.70. The van der Waals surface area contributed by atoms with Crippen LogP contribution < -0.4 is 0 Å². The van der Waals surface area contributed by atoms with Crippen molar-refractivity contribution in [3.05, 3.63) is 45.3 Å². The topological polar surface area (TPSA) is 50.1 Å². The molecule has 0 fully saturated rings. The highest BCUT2D eigenvalue weighted by Gasteiger charge is 2.15. The maximum atomic E-state index is 11.5. The molecule has 0 N–H and O–H groups in total. The lowest BCUT2D eigenvalue weighted by atomic mass is 10.2. The van der Waals surface area contributed by atoms with Crippen molar-refractivity contribution in [1.29, 1.82) is 5.26 Å². The van der Waals surface area contributed by atoms with Crippen molar-refractivity contribution < 1.29 is 9.53 Å². The van der Waals surface area contributed by atoms with Crippen LogP contribution in [0.25, 0.3) is 0 Å². The van der Waals surface area contributed by atoms with Gasteiger partial charge in [-0.25, -0.2) is 4.79 Å². The summed E-state index contributed by atoms with van der Waals surface area (Å²) in [5.41, 5.74) is 1.14. The van der Waals surface area contributed by atoms with Crippen molar-refractivity contribution in [3.63, 3.8) is 0 Å². The fraction of sp³-hybridized carbons (Fsp3) is 0.231. The SMILES string of the molecule is CCOC(=O)C(C#N)=C(Br)SCc1ccccc1. The third-order valence-corrected chi connectivity index (χ3v) is 4.01. The fourth-order valence-corrected chi connectivity index (χ4v) is 2.52. The number of rotatable bonds is 5. The van der Waals surface area contributed by atoms with E-state index in [-0.39, 0.29) is 12.2 Å². The molecule has 1 rings (SSSR count). The zero-order valence-electron chi connectivity index (χ0n) is 9.85. The quantitative estimate of drug-likeness (QED) is 0.471. The van der Waals surface area contributed by atoms with Gasteiger partial charge in [0.05, 0.1) is 10.4 Å². The molecule has 1 aromatic rings. The molecule has 3 nitrogen and oxygen atoms in total. The van der Waals surface area contributed by atoms with Gasteiger partial charge in [-0.1, -0.05) is 30.3 Å². The molecule has 0 aromatic heterocycles. The first kappa shape index (κ1) is 14.8. The van der Waals surface area contributed by atoms with Gasteiger partial charge >= 0.3 is 5.97 Å². The van der Waals surface area contributed by atoms with Gasteiger partial charge in [-0.2, -0.15) is 5.26 Å². The minimum atomic E-state index is -0.590. The molecule has 0 aliphatic rings. The number of benzene rings is 1. The standard InChI is InChI=1S/C13H12BrNO2S/c1-2-17-13(16)11(8-15)12(14)18-9-10-6-4-3-5-7-10/h3-7H,2,9H2,1H3. The van der Waals surface area contributed by atoms with Crippen LogP contribution in [0.2, 0.25) is 0 Å². The number of carbonyl (C=O) groups excluding carboxylic acids is 1. The second-order valence-corrected chi connectivity index (χ2v) is 5.56.